The second-order valence-corrected chi connectivity index (χ2v) is 15.5. The molecule has 0 heterocycles. The van der Waals surface area contributed by atoms with Crippen LogP contribution < -0.4 is 0 Å². The summed E-state index contributed by atoms with van der Waals surface area (Å²) < 4.78 is 0. The molecule has 196 valence electrons. The Kier molecular flexibility index (Phi) is 6.80. The summed E-state index contributed by atoms with van der Waals surface area (Å²) in [6, 6.07) is 0. The molecule has 0 bridgehead atoms. The van der Waals surface area contributed by atoms with Gasteiger partial charge in [0.1, 0.15) is 0 Å². The van der Waals surface area contributed by atoms with Crippen LogP contribution in [0.3, 0.4) is 0 Å². The highest BCUT2D eigenvalue weighted by molar-refractivity contribution is 5.10. The maximum Gasteiger partial charge on any atom is 0.0648 e. The van der Waals surface area contributed by atoms with E-state index in [2.05, 4.69) is 34.6 Å². The van der Waals surface area contributed by atoms with E-state index in [0.29, 0.717) is 16.2 Å². The topological polar surface area (TPSA) is 40.5 Å². The SMILES string of the molecule is CC[C@]1(O)CCC2(C)C(CCC3C4CCC(CC(O)CC5CCC(C)(C)CC5)C4(C)CCC32)C1. The average molecular weight is 473 g/mol. The Balaban J connectivity index is 1.22. The van der Waals surface area contributed by atoms with Crippen molar-refractivity contribution < 1.29 is 10.2 Å². The van der Waals surface area contributed by atoms with Crippen LogP contribution in [-0.4, -0.2) is 21.9 Å². The van der Waals surface area contributed by atoms with E-state index < -0.39 is 0 Å². The van der Waals surface area contributed by atoms with Gasteiger partial charge in [-0.25, -0.2) is 0 Å². The van der Waals surface area contributed by atoms with Gasteiger partial charge in [0.15, 0.2) is 0 Å². The number of rotatable bonds is 5. The molecule has 34 heavy (non-hydrogen) atoms. The van der Waals surface area contributed by atoms with Crippen LogP contribution in [-0.2, 0) is 0 Å². The summed E-state index contributed by atoms with van der Waals surface area (Å²) in [6.45, 7) is 12.3. The highest BCUT2D eigenvalue weighted by Crippen LogP contribution is 2.68. The molecule has 2 nitrogen and oxygen atoms in total. The number of hydrogen-bond acceptors (Lipinski definition) is 2. The highest BCUT2D eigenvalue weighted by atomic mass is 16.3. The van der Waals surface area contributed by atoms with Gasteiger partial charge in [-0.05, 0) is 154 Å². The lowest BCUT2D eigenvalue weighted by Gasteiger charge is -2.62. The van der Waals surface area contributed by atoms with E-state index in [1.165, 1.54) is 70.6 Å². The van der Waals surface area contributed by atoms with Crippen molar-refractivity contribution in [2.45, 2.75) is 149 Å². The molecular formula is C32H56O2. The molecule has 5 aliphatic rings. The largest absolute Gasteiger partial charge is 0.393 e. The Morgan fingerprint density at radius 1 is 0.735 bits per heavy atom. The normalized spacial score (nSPS) is 49.7. The molecule has 5 rings (SSSR count). The van der Waals surface area contributed by atoms with Gasteiger partial charge in [0.25, 0.3) is 0 Å². The minimum atomic E-state index is -0.386. The van der Waals surface area contributed by atoms with Crippen molar-refractivity contribution in [3.8, 4) is 0 Å². The van der Waals surface area contributed by atoms with E-state index in [4.69, 9.17) is 0 Å². The smallest absolute Gasteiger partial charge is 0.0648 e. The summed E-state index contributed by atoms with van der Waals surface area (Å²) in [5, 5.41) is 22.2. The van der Waals surface area contributed by atoms with Gasteiger partial charge in [-0.3, -0.25) is 0 Å². The second kappa shape index (κ2) is 9.04. The summed E-state index contributed by atoms with van der Waals surface area (Å²) >= 11 is 0. The molecular weight excluding hydrogens is 416 g/mol. The zero-order chi connectivity index (χ0) is 24.4. The Morgan fingerprint density at radius 2 is 1.44 bits per heavy atom. The lowest BCUT2D eigenvalue weighted by Crippen LogP contribution is -2.55. The molecule has 0 aromatic rings. The molecule has 0 spiro atoms. The van der Waals surface area contributed by atoms with Crippen LogP contribution in [0, 0.1) is 51.8 Å². The minimum absolute atomic E-state index is 0.0807. The van der Waals surface area contributed by atoms with Crippen molar-refractivity contribution in [3.05, 3.63) is 0 Å². The monoisotopic (exact) mass is 472 g/mol. The molecule has 8 unspecified atom stereocenters. The predicted molar refractivity (Wildman–Crippen MR) is 141 cm³/mol. The summed E-state index contributed by atoms with van der Waals surface area (Å²) in [6.07, 6.45) is 19.9. The molecule has 2 heteroatoms. The van der Waals surface area contributed by atoms with E-state index in [1.54, 1.807) is 0 Å². The first-order valence-electron chi connectivity index (χ1n) is 15.4. The number of hydrogen-bond donors (Lipinski definition) is 2. The molecule has 2 N–H and O–H groups in total. The van der Waals surface area contributed by atoms with Gasteiger partial charge in [-0.15, -0.1) is 0 Å². The maximum absolute atomic E-state index is 11.2. The van der Waals surface area contributed by atoms with Crippen molar-refractivity contribution in [1.29, 1.82) is 0 Å². The van der Waals surface area contributed by atoms with Crippen molar-refractivity contribution >= 4 is 0 Å². The molecule has 0 aromatic heterocycles. The minimum Gasteiger partial charge on any atom is -0.393 e. The summed E-state index contributed by atoms with van der Waals surface area (Å²) in [5.41, 5.74) is 1.05. The first-order valence-corrected chi connectivity index (χ1v) is 15.4. The van der Waals surface area contributed by atoms with E-state index in [0.717, 1.165) is 67.6 Å². The first kappa shape index (κ1) is 25.6. The zero-order valence-corrected chi connectivity index (χ0v) is 23.2. The van der Waals surface area contributed by atoms with Crippen LogP contribution in [0.15, 0.2) is 0 Å². The Morgan fingerprint density at radius 3 is 2.15 bits per heavy atom. The van der Waals surface area contributed by atoms with E-state index in [9.17, 15) is 10.2 Å². The van der Waals surface area contributed by atoms with Gasteiger partial charge in [0.05, 0.1) is 11.7 Å². The van der Waals surface area contributed by atoms with E-state index >= 15 is 0 Å². The van der Waals surface area contributed by atoms with Gasteiger partial charge in [-0.1, -0.05) is 34.6 Å². The quantitative estimate of drug-likeness (QED) is 0.424. The van der Waals surface area contributed by atoms with Crippen molar-refractivity contribution in [1.82, 2.24) is 0 Å². The molecule has 0 aromatic carbocycles. The van der Waals surface area contributed by atoms with Crippen LogP contribution in [0.1, 0.15) is 137 Å². The maximum atomic E-state index is 11.2. The average Bonchev–Trinajstić information content (AvgIpc) is 3.12. The van der Waals surface area contributed by atoms with Crippen LogP contribution in [0.5, 0.6) is 0 Å². The van der Waals surface area contributed by atoms with Gasteiger partial charge < -0.3 is 10.2 Å². The number of fused-ring (bicyclic) bond motifs is 5. The predicted octanol–water partition coefficient (Wildman–Crippen LogP) is 8.14. The lowest BCUT2D eigenvalue weighted by molar-refractivity contribution is -0.152. The highest BCUT2D eigenvalue weighted by Gasteiger charge is 2.61. The van der Waals surface area contributed by atoms with Crippen molar-refractivity contribution in [2.24, 2.45) is 51.8 Å². The molecule has 9 atom stereocenters. The van der Waals surface area contributed by atoms with Crippen LogP contribution in [0.4, 0.5) is 0 Å². The number of aliphatic hydroxyl groups is 2. The third-order valence-electron chi connectivity index (χ3n) is 13.3. The third-order valence-corrected chi connectivity index (χ3v) is 13.3. The van der Waals surface area contributed by atoms with Gasteiger partial charge in [0, 0.05) is 0 Å². The first-order chi connectivity index (χ1) is 16.0. The summed E-state index contributed by atoms with van der Waals surface area (Å²) in [7, 11) is 0. The van der Waals surface area contributed by atoms with Gasteiger partial charge in [-0.2, -0.15) is 0 Å². The third kappa shape index (κ3) is 4.44. The molecule has 0 saturated heterocycles. The van der Waals surface area contributed by atoms with Crippen molar-refractivity contribution in [2.75, 3.05) is 0 Å². The molecule has 0 aliphatic heterocycles. The Bertz CT molecular complexity index is 721. The van der Waals surface area contributed by atoms with E-state index in [1.807, 2.05) is 0 Å². The fraction of sp³-hybridized carbons (Fsp3) is 1.00. The molecule has 0 radical (unpaired) electrons. The van der Waals surface area contributed by atoms with Crippen LogP contribution >= 0.6 is 0 Å². The van der Waals surface area contributed by atoms with Gasteiger partial charge in [0.2, 0.25) is 0 Å². The van der Waals surface area contributed by atoms with Crippen molar-refractivity contribution in [3.63, 3.8) is 0 Å². The lowest BCUT2D eigenvalue weighted by atomic mass is 9.43. The molecule has 5 aliphatic carbocycles. The summed E-state index contributed by atoms with van der Waals surface area (Å²) in [5.74, 6) is 4.87. The summed E-state index contributed by atoms with van der Waals surface area (Å²) in [4.78, 5) is 0. The standard InChI is InChI=1S/C32H56O2/c1-6-32(34)18-17-31(5)24(21-32)7-9-26-27-10-8-23(30(27,4)16-13-28(26)31)20-25(33)19-22-11-14-29(2,3)15-12-22/h22-28,33-34H,6-21H2,1-5H3/t23?,24?,25?,26?,27?,28?,30?,31?,32-/m0/s1. The fourth-order valence-electron chi connectivity index (χ4n) is 10.6. The van der Waals surface area contributed by atoms with Crippen LogP contribution in [0.2, 0.25) is 0 Å². The Labute approximate surface area is 211 Å². The fourth-order valence-corrected chi connectivity index (χ4v) is 10.6. The van der Waals surface area contributed by atoms with Crippen LogP contribution in [0.25, 0.3) is 0 Å². The second-order valence-electron chi connectivity index (χ2n) is 15.5. The van der Waals surface area contributed by atoms with Gasteiger partial charge >= 0.3 is 0 Å². The Hall–Kier alpha value is -0.0800. The molecule has 0 amide bonds. The van der Waals surface area contributed by atoms with E-state index in [-0.39, 0.29) is 11.7 Å². The zero-order valence-electron chi connectivity index (χ0n) is 23.2. The molecule has 5 saturated carbocycles. The molecule has 5 fully saturated rings. The number of aliphatic hydroxyl groups excluding tert-OH is 1.